The minimum absolute atomic E-state index is 0.00670. The molecule has 1 atom stereocenters. The monoisotopic (exact) mass is 279 g/mol. The third-order valence-electron chi connectivity index (χ3n) is 3.52. The molecule has 3 nitrogen and oxygen atoms in total. The van der Waals surface area contributed by atoms with Gasteiger partial charge in [-0.2, -0.15) is 0 Å². The van der Waals surface area contributed by atoms with Crippen LogP contribution >= 0.6 is 11.6 Å². The fourth-order valence-corrected chi connectivity index (χ4v) is 2.58. The van der Waals surface area contributed by atoms with E-state index < -0.39 is 0 Å². The number of anilines is 1. The number of carbonyl (C=O) groups excluding carboxylic acids is 2. The third-order valence-corrected chi connectivity index (χ3v) is 3.77. The third kappa shape index (κ3) is 4.35. The summed E-state index contributed by atoms with van der Waals surface area (Å²) in [6, 6.07) is 7.05. The summed E-state index contributed by atoms with van der Waals surface area (Å²) >= 11 is 5.77. The first-order valence-electron chi connectivity index (χ1n) is 6.73. The lowest BCUT2D eigenvalue weighted by molar-refractivity contribution is -0.121. The van der Waals surface area contributed by atoms with Crippen molar-refractivity contribution in [1.29, 1.82) is 0 Å². The summed E-state index contributed by atoms with van der Waals surface area (Å²) in [5, 5.41) is 3.47. The number of nitrogens with one attached hydrogen (secondary N) is 1. The van der Waals surface area contributed by atoms with E-state index in [0.717, 1.165) is 37.8 Å². The molecule has 2 rings (SSSR count). The first kappa shape index (κ1) is 14.1. The molecule has 0 bridgehead atoms. The van der Waals surface area contributed by atoms with E-state index in [1.807, 2.05) is 0 Å². The zero-order chi connectivity index (χ0) is 13.7. The van der Waals surface area contributed by atoms with E-state index in [1.54, 1.807) is 24.3 Å². The van der Waals surface area contributed by atoms with Gasteiger partial charge in [-0.05, 0) is 49.9 Å². The van der Waals surface area contributed by atoms with E-state index in [4.69, 9.17) is 11.6 Å². The Morgan fingerprint density at radius 2 is 2.05 bits per heavy atom. The largest absolute Gasteiger partial charge is 0.326 e. The molecule has 1 unspecified atom stereocenters. The second kappa shape index (κ2) is 6.71. The minimum Gasteiger partial charge on any atom is -0.326 e. The lowest BCUT2D eigenvalue weighted by Crippen LogP contribution is -2.12. The van der Waals surface area contributed by atoms with E-state index in [2.05, 4.69) is 5.32 Å². The van der Waals surface area contributed by atoms with Crippen molar-refractivity contribution in [3.05, 3.63) is 29.3 Å². The lowest BCUT2D eigenvalue weighted by Gasteiger charge is -2.08. The zero-order valence-electron chi connectivity index (χ0n) is 10.8. The molecule has 0 aliphatic heterocycles. The summed E-state index contributed by atoms with van der Waals surface area (Å²) in [5.41, 5.74) is 0.756. The maximum Gasteiger partial charge on any atom is 0.224 e. The molecule has 4 heteroatoms. The van der Waals surface area contributed by atoms with Crippen LogP contribution in [0.15, 0.2) is 24.3 Å². The Morgan fingerprint density at radius 1 is 1.32 bits per heavy atom. The minimum atomic E-state index is -0.00670. The molecule has 1 aromatic carbocycles. The van der Waals surface area contributed by atoms with Gasteiger partial charge in [-0.1, -0.05) is 11.6 Å². The van der Waals surface area contributed by atoms with Gasteiger partial charge in [0.05, 0.1) is 0 Å². The van der Waals surface area contributed by atoms with Crippen LogP contribution in [0.2, 0.25) is 5.02 Å². The SMILES string of the molecule is O=C(CCCC1CCCC1=O)Nc1ccc(Cl)cc1. The van der Waals surface area contributed by atoms with Gasteiger partial charge in [-0.3, -0.25) is 9.59 Å². The van der Waals surface area contributed by atoms with Crippen LogP contribution in [0.25, 0.3) is 0 Å². The van der Waals surface area contributed by atoms with Crippen LogP contribution in [0.4, 0.5) is 5.69 Å². The first-order chi connectivity index (χ1) is 9.15. The highest BCUT2D eigenvalue weighted by atomic mass is 35.5. The van der Waals surface area contributed by atoms with Gasteiger partial charge in [-0.25, -0.2) is 0 Å². The van der Waals surface area contributed by atoms with E-state index in [9.17, 15) is 9.59 Å². The van der Waals surface area contributed by atoms with Crippen molar-refractivity contribution in [2.45, 2.75) is 38.5 Å². The number of hydrogen-bond acceptors (Lipinski definition) is 2. The second-order valence-corrected chi connectivity index (χ2v) is 5.44. The van der Waals surface area contributed by atoms with Crippen LogP contribution in [-0.4, -0.2) is 11.7 Å². The van der Waals surface area contributed by atoms with E-state index in [1.165, 1.54) is 0 Å². The molecule has 0 aromatic heterocycles. The summed E-state index contributed by atoms with van der Waals surface area (Å²) in [6.07, 6.45) is 4.81. The summed E-state index contributed by atoms with van der Waals surface area (Å²) in [7, 11) is 0. The predicted octanol–water partition coefficient (Wildman–Crippen LogP) is 3.82. The van der Waals surface area contributed by atoms with Gasteiger partial charge < -0.3 is 5.32 Å². The number of ketones is 1. The lowest BCUT2D eigenvalue weighted by atomic mass is 9.99. The number of halogens is 1. The fourth-order valence-electron chi connectivity index (χ4n) is 2.46. The van der Waals surface area contributed by atoms with Crippen molar-refractivity contribution in [2.24, 2.45) is 5.92 Å². The smallest absolute Gasteiger partial charge is 0.224 e. The summed E-state index contributed by atoms with van der Waals surface area (Å²) in [6.45, 7) is 0. The molecule has 0 heterocycles. The number of benzene rings is 1. The van der Waals surface area contributed by atoms with E-state index in [-0.39, 0.29) is 11.8 Å². The summed E-state index contributed by atoms with van der Waals surface area (Å²) < 4.78 is 0. The molecule has 0 spiro atoms. The Hall–Kier alpha value is -1.35. The fraction of sp³-hybridized carbons (Fsp3) is 0.467. The number of carbonyl (C=O) groups is 2. The Labute approximate surface area is 118 Å². The topological polar surface area (TPSA) is 46.2 Å². The molecule has 102 valence electrons. The van der Waals surface area contributed by atoms with Crippen molar-refractivity contribution < 1.29 is 9.59 Å². The summed E-state index contributed by atoms with van der Waals surface area (Å²) in [5.74, 6) is 0.564. The van der Waals surface area contributed by atoms with Crippen molar-refractivity contribution in [3.63, 3.8) is 0 Å². The number of rotatable bonds is 5. The highest BCUT2D eigenvalue weighted by molar-refractivity contribution is 6.30. The van der Waals surface area contributed by atoms with Crippen LogP contribution in [0.5, 0.6) is 0 Å². The predicted molar refractivity (Wildman–Crippen MR) is 76.3 cm³/mol. The Balaban J connectivity index is 1.69. The van der Waals surface area contributed by atoms with E-state index >= 15 is 0 Å². The maximum atomic E-state index is 11.7. The average Bonchev–Trinajstić information content (AvgIpc) is 2.78. The molecule has 1 aliphatic rings. The molecular weight excluding hydrogens is 262 g/mol. The molecule has 1 aliphatic carbocycles. The van der Waals surface area contributed by atoms with Gasteiger partial charge in [0.2, 0.25) is 5.91 Å². The van der Waals surface area contributed by atoms with Crippen molar-refractivity contribution in [2.75, 3.05) is 5.32 Å². The standard InChI is InChI=1S/C15H18ClNO2/c16-12-7-9-13(10-8-12)17-15(19)6-2-4-11-3-1-5-14(11)18/h7-11H,1-6H2,(H,17,19). The van der Waals surface area contributed by atoms with Crippen molar-refractivity contribution in [3.8, 4) is 0 Å². The first-order valence-corrected chi connectivity index (χ1v) is 7.11. The Kier molecular flexibility index (Phi) is 4.97. The van der Waals surface area contributed by atoms with Gasteiger partial charge in [0.15, 0.2) is 0 Å². The molecule has 1 fully saturated rings. The molecule has 1 amide bonds. The Morgan fingerprint density at radius 3 is 2.68 bits per heavy atom. The van der Waals surface area contributed by atoms with Crippen LogP contribution in [0, 0.1) is 5.92 Å². The van der Waals surface area contributed by atoms with Crippen molar-refractivity contribution in [1.82, 2.24) is 0 Å². The van der Waals surface area contributed by atoms with Crippen molar-refractivity contribution >= 4 is 29.0 Å². The Bertz CT molecular complexity index is 456. The molecule has 1 saturated carbocycles. The van der Waals surface area contributed by atoms with Gasteiger partial charge in [0.25, 0.3) is 0 Å². The number of Topliss-reactive ketones (excluding diaryl/α,β-unsaturated/α-hetero) is 1. The summed E-state index contributed by atoms with van der Waals surface area (Å²) in [4.78, 5) is 23.2. The molecular formula is C15H18ClNO2. The van der Waals surface area contributed by atoms with Crippen LogP contribution < -0.4 is 5.32 Å². The van der Waals surface area contributed by atoms with Gasteiger partial charge >= 0.3 is 0 Å². The zero-order valence-corrected chi connectivity index (χ0v) is 11.6. The second-order valence-electron chi connectivity index (χ2n) is 5.00. The molecule has 0 saturated heterocycles. The van der Waals surface area contributed by atoms with Gasteiger partial charge in [0, 0.05) is 29.5 Å². The number of amides is 1. The van der Waals surface area contributed by atoms with Crippen LogP contribution in [0.1, 0.15) is 38.5 Å². The molecule has 1 aromatic rings. The van der Waals surface area contributed by atoms with Crippen LogP contribution in [0.3, 0.4) is 0 Å². The maximum absolute atomic E-state index is 11.7. The molecule has 1 N–H and O–H groups in total. The highest BCUT2D eigenvalue weighted by Gasteiger charge is 2.23. The number of hydrogen-bond donors (Lipinski definition) is 1. The van der Waals surface area contributed by atoms with Gasteiger partial charge in [0.1, 0.15) is 5.78 Å². The quantitative estimate of drug-likeness (QED) is 0.891. The molecule has 19 heavy (non-hydrogen) atoms. The normalized spacial score (nSPS) is 18.6. The van der Waals surface area contributed by atoms with Crippen LogP contribution in [-0.2, 0) is 9.59 Å². The highest BCUT2D eigenvalue weighted by Crippen LogP contribution is 2.26. The molecule has 0 radical (unpaired) electrons. The van der Waals surface area contributed by atoms with Gasteiger partial charge in [-0.15, -0.1) is 0 Å². The average molecular weight is 280 g/mol. The van der Waals surface area contributed by atoms with E-state index in [0.29, 0.717) is 17.2 Å².